The fourth-order valence-electron chi connectivity index (χ4n) is 1.72. The second-order valence-corrected chi connectivity index (χ2v) is 7.59. The molecule has 0 aliphatic rings. The van der Waals surface area contributed by atoms with E-state index in [4.69, 9.17) is 16.3 Å². The van der Waals surface area contributed by atoms with Crippen molar-refractivity contribution >= 4 is 63.3 Å². The van der Waals surface area contributed by atoms with Crippen LogP contribution in [-0.2, 0) is 14.3 Å². The minimum atomic E-state index is -1.02. The van der Waals surface area contributed by atoms with Crippen LogP contribution in [0.5, 0.6) is 0 Å². The Balaban J connectivity index is 1.95. The lowest BCUT2D eigenvalue weighted by Gasteiger charge is -2.09. The van der Waals surface area contributed by atoms with Crippen molar-refractivity contribution in [3.8, 4) is 0 Å². The van der Waals surface area contributed by atoms with Gasteiger partial charge in [0.2, 0.25) is 5.13 Å². The maximum absolute atomic E-state index is 11.9. The van der Waals surface area contributed by atoms with Crippen LogP contribution in [-0.4, -0.2) is 39.8 Å². The van der Waals surface area contributed by atoms with Gasteiger partial charge in [0.05, 0.1) is 6.61 Å². The minimum Gasteiger partial charge on any atom is -0.465 e. The average Bonchev–Trinajstić information content (AvgIpc) is 3.01. The molecule has 26 heavy (non-hydrogen) atoms. The number of nitrogens with one attached hydrogen (secondary N) is 2. The number of ketones is 1. The summed E-state index contributed by atoms with van der Waals surface area (Å²) in [7, 11) is 0. The van der Waals surface area contributed by atoms with Crippen molar-refractivity contribution in [1.82, 2.24) is 10.2 Å². The van der Waals surface area contributed by atoms with Gasteiger partial charge in [-0.15, -0.1) is 10.2 Å². The highest BCUT2D eigenvalue weighted by Gasteiger charge is 2.27. The van der Waals surface area contributed by atoms with Crippen LogP contribution in [0.3, 0.4) is 0 Å². The summed E-state index contributed by atoms with van der Waals surface area (Å²) in [4.78, 5) is 35.4. The lowest BCUT2D eigenvalue weighted by Crippen LogP contribution is -2.27. The van der Waals surface area contributed by atoms with Gasteiger partial charge in [-0.2, -0.15) is 0 Å². The number of hydrogen-bond acceptors (Lipinski definition) is 8. The Labute approximate surface area is 162 Å². The van der Waals surface area contributed by atoms with Crippen LogP contribution in [0.25, 0.3) is 0 Å². The third kappa shape index (κ3) is 5.97. The SMILES string of the molecule is CCOC(=O)[C@@H](Sc1nnc(NC(=O)Nc2ccc(Cl)cc2)s1)C(C)=O. The number of halogens is 1. The molecule has 0 saturated heterocycles. The largest absolute Gasteiger partial charge is 0.465 e. The molecule has 0 spiro atoms. The van der Waals surface area contributed by atoms with Gasteiger partial charge in [-0.25, -0.2) is 4.79 Å². The van der Waals surface area contributed by atoms with E-state index in [9.17, 15) is 14.4 Å². The molecule has 0 bridgehead atoms. The Kier molecular flexibility index (Phi) is 7.37. The van der Waals surface area contributed by atoms with Gasteiger partial charge in [0.15, 0.2) is 15.4 Å². The van der Waals surface area contributed by atoms with E-state index in [1.165, 1.54) is 6.92 Å². The number of amides is 2. The van der Waals surface area contributed by atoms with E-state index < -0.39 is 17.3 Å². The topological polar surface area (TPSA) is 110 Å². The number of rotatable bonds is 7. The zero-order chi connectivity index (χ0) is 19.1. The Morgan fingerprint density at radius 1 is 1.23 bits per heavy atom. The highest BCUT2D eigenvalue weighted by molar-refractivity contribution is 8.03. The quantitative estimate of drug-likeness (QED) is 0.309. The number of esters is 1. The summed E-state index contributed by atoms with van der Waals surface area (Å²) < 4.78 is 5.23. The second-order valence-electron chi connectivity index (χ2n) is 4.82. The minimum absolute atomic E-state index is 0.178. The van der Waals surface area contributed by atoms with Crippen LogP contribution < -0.4 is 10.6 Å². The van der Waals surface area contributed by atoms with Gasteiger partial charge in [-0.1, -0.05) is 34.7 Å². The molecule has 1 heterocycles. The van der Waals surface area contributed by atoms with Gasteiger partial charge in [-0.05, 0) is 38.1 Å². The van der Waals surface area contributed by atoms with Crippen molar-refractivity contribution in [2.24, 2.45) is 0 Å². The van der Waals surface area contributed by atoms with Crippen molar-refractivity contribution < 1.29 is 19.1 Å². The zero-order valence-corrected chi connectivity index (χ0v) is 16.2. The third-order valence-electron chi connectivity index (χ3n) is 2.82. The number of carbonyl (C=O) groups is 3. The molecule has 1 aromatic carbocycles. The summed E-state index contributed by atoms with van der Waals surface area (Å²) in [5.41, 5.74) is 0.560. The molecular formula is C15H15ClN4O4S2. The van der Waals surface area contributed by atoms with Crippen LogP contribution >= 0.6 is 34.7 Å². The first-order valence-electron chi connectivity index (χ1n) is 7.40. The van der Waals surface area contributed by atoms with Crippen molar-refractivity contribution in [2.45, 2.75) is 23.4 Å². The molecule has 0 aliphatic heterocycles. The standard InChI is InChI=1S/C15H15ClN4O4S2/c1-3-24-12(22)11(8(2)21)25-15-20-19-14(26-15)18-13(23)17-10-6-4-9(16)5-7-10/h4-7,11H,3H2,1-2H3,(H2,17,18,19,23)/t11-/m0/s1. The van der Waals surface area contributed by atoms with Crippen LogP contribution in [0.15, 0.2) is 28.6 Å². The molecule has 2 aromatic rings. The lowest BCUT2D eigenvalue weighted by molar-refractivity contribution is -0.144. The average molecular weight is 415 g/mol. The van der Waals surface area contributed by atoms with E-state index in [-0.39, 0.29) is 17.5 Å². The fourth-order valence-corrected chi connectivity index (χ4v) is 3.65. The summed E-state index contributed by atoms with van der Waals surface area (Å²) in [5.74, 6) is -0.978. The normalized spacial score (nSPS) is 11.5. The second kappa shape index (κ2) is 9.51. The molecule has 0 fully saturated rings. The van der Waals surface area contributed by atoms with E-state index >= 15 is 0 Å². The number of carbonyl (C=O) groups excluding carboxylic acids is 3. The Morgan fingerprint density at radius 2 is 1.92 bits per heavy atom. The van der Waals surface area contributed by atoms with Crippen LogP contribution in [0.1, 0.15) is 13.8 Å². The monoisotopic (exact) mass is 414 g/mol. The van der Waals surface area contributed by atoms with Gasteiger partial charge < -0.3 is 10.1 Å². The number of thioether (sulfide) groups is 1. The molecule has 11 heteroatoms. The van der Waals surface area contributed by atoms with Gasteiger partial charge >= 0.3 is 12.0 Å². The molecule has 2 rings (SSSR count). The van der Waals surface area contributed by atoms with Crippen LogP contribution in [0.2, 0.25) is 5.02 Å². The Morgan fingerprint density at radius 3 is 2.54 bits per heavy atom. The summed E-state index contributed by atoms with van der Waals surface area (Å²) in [5, 5.41) is 12.6. The molecule has 2 N–H and O–H groups in total. The number of urea groups is 1. The zero-order valence-electron chi connectivity index (χ0n) is 13.8. The number of ether oxygens (including phenoxy) is 1. The molecule has 0 saturated carbocycles. The molecule has 2 amide bonds. The molecule has 8 nitrogen and oxygen atoms in total. The molecule has 0 aliphatic carbocycles. The molecule has 0 unspecified atom stereocenters. The number of Topliss-reactive ketones (excluding diaryl/α,β-unsaturated/α-hetero) is 1. The fraction of sp³-hybridized carbons (Fsp3) is 0.267. The lowest BCUT2D eigenvalue weighted by atomic mass is 10.3. The van der Waals surface area contributed by atoms with E-state index in [0.29, 0.717) is 15.0 Å². The van der Waals surface area contributed by atoms with Gasteiger partial charge in [-0.3, -0.25) is 14.9 Å². The van der Waals surface area contributed by atoms with E-state index in [0.717, 1.165) is 23.1 Å². The first-order chi connectivity index (χ1) is 12.4. The highest BCUT2D eigenvalue weighted by atomic mass is 35.5. The van der Waals surface area contributed by atoms with Crippen molar-refractivity contribution in [2.75, 3.05) is 17.2 Å². The predicted octanol–water partition coefficient (Wildman–Crippen LogP) is 3.45. The van der Waals surface area contributed by atoms with E-state index in [2.05, 4.69) is 20.8 Å². The first kappa shape index (κ1) is 20.1. The summed E-state index contributed by atoms with van der Waals surface area (Å²) in [6, 6.07) is 6.09. The number of nitrogens with zero attached hydrogens (tertiary/aromatic N) is 2. The molecular weight excluding hydrogens is 400 g/mol. The Bertz CT molecular complexity index is 797. The highest BCUT2D eigenvalue weighted by Crippen LogP contribution is 2.30. The molecule has 138 valence electrons. The maximum Gasteiger partial charge on any atom is 0.327 e. The van der Waals surface area contributed by atoms with Crippen LogP contribution in [0, 0.1) is 0 Å². The smallest absolute Gasteiger partial charge is 0.327 e. The van der Waals surface area contributed by atoms with Crippen molar-refractivity contribution in [3.63, 3.8) is 0 Å². The Hall–Kier alpha value is -2.17. The predicted molar refractivity (Wildman–Crippen MR) is 101 cm³/mol. The molecule has 1 atom stereocenters. The number of anilines is 2. The third-order valence-corrected chi connectivity index (χ3v) is 5.28. The summed E-state index contributed by atoms with van der Waals surface area (Å²) in [6.45, 7) is 3.14. The number of aromatic nitrogens is 2. The van der Waals surface area contributed by atoms with Gasteiger partial charge in [0, 0.05) is 10.7 Å². The number of hydrogen-bond donors (Lipinski definition) is 2. The molecule has 0 radical (unpaired) electrons. The van der Waals surface area contributed by atoms with Gasteiger partial charge in [0.25, 0.3) is 0 Å². The van der Waals surface area contributed by atoms with Gasteiger partial charge in [0.1, 0.15) is 0 Å². The number of benzene rings is 1. The maximum atomic E-state index is 11.9. The van der Waals surface area contributed by atoms with E-state index in [1.807, 2.05) is 0 Å². The van der Waals surface area contributed by atoms with E-state index in [1.54, 1.807) is 31.2 Å². The summed E-state index contributed by atoms with van der Waals surface area (Å²) in [6.07, 6.45) is 0. The molecule has 1 aromatic heterocycles. The first-order valence-corrected chi connectivity index (χ1v) is 9.47. The van der Waals surface area contributed by atoms with Crippen LogP contribution in [0.4, 0.5) is 15.6 Å². The van der Waals surface area contributed by atoms with Crippen molar-refractivity contribution in [1.29, 1.82) is 0 Å². The summed E-state index contributed by atoms with van der Waals surface area (Å²) >= 11 is 7.76. The van der Waals surface area contributed by atoms with Crippen molar-refractivity contribution in [3.05, 3.63) is 29.3 Å².